The van der Waals surface area contributed by atoms with Crippen molar-refractivity contribution in [3.8, 4) is 0 Å². The van der Waals surface area contributed by atoms with Crippen molar-refractivity contribution in [1.29, 1.82) is 0 Å². The lowest BCUT2D eigenvalue weighted by atomic mass is 10.3. The number of nitrogens with one attached hydrogen (secondary N) is 2. The monoisotopic (exact) mass is 372 g/mol. The molecule has 100 valence electrons. The molecular formula is C13H14FIN4. The van der Waals surface area contributed by atoms with Crippen LogP contribution in [0.1, 0.15) is 12.6 Å². The van der Waals surface area contributed by atoms with E-state index in [-0.39, 0.29) is 5.82 Å². The molecule has 0 saturated carbocycles. The Kier molecular flexibility index (Phi) is 4.52. The Morgan fingerprint density at radius 3 is 2.74 bits per heavy atom. The van der Waals surface area contributed by atoms with Gasteiger partial charge in [0.25, 0.3) is 0 Å². The van der Waals surface area contributed by atoms with Crippen LogP contribution in [0.2, 0.25) is 0 Å². The van der Waals surface area contributed by atoms with Gasteiger partial charge in [-0.1, -0.05) is 0 Å². The average molecular weight is 372 g/mol. The predicted octanol–water partition coefficient (Wildman–Crippen LogP) is 3.70. The van der Waals surface area contributed by atoms with Crippen molar-refractivity contribution < 1.29 is 4.39 Å². The molecule has 0 fully saturated rings. The highest BCUT2D eigenvalue weighted by atomic mass is 127. The smallest absolute Gasteiger partial charge is 0.224 e. The summed E-state index contributed by atoms with van der Waals surface area (Å²) in [5.41, 5.74) is 1.69. The highest BCUT2D eigenvalue weighted by Gasteiger charge is 2.05. The van der Waals surface area contributed by atoms with E-state index in [1.54, 1.807) is 6.07 Å². The summed E-state index contributed by atoms with van der Waals surface area (Å²) in [5.74, 6) is 1.03. The minimum Gasteiger partial charge on any atom is -0.354 e. The summed E-state index contributed by atoms with van der Waals surface area (Å²) in [6, 6.07) is 6.44. The van der Waals surface area contributed by atoms with Crippen LogP contribution in [0.25, 0.3) is 0 Å². The number of anilines is 3. The van der Waals surface area contributed by atoms with E-state index in [2.05, 4.69) is 43.2 Å². The Bertz CT molecular complexity index is 589. The maximum Gasteiger partial charge on any atom is 0.224 e. The number of aromatic nitrogens is 2. The molecule has 1 heterocycles. The normalized spacial score (nSPS) is 10.3. The molecule has 6 heteroatoms. The second kappa shape index (κ2) is 6.14. The Balaban J connectivity index is 2.27. The van der Waals surface area contributed by atoms with E-state index in [0.717, 1.165) is 21.5 Å². The van der Waals surface area contributed by atoms with Gasteiger partial charge in [0, 0.05) is 21.9 Å². The van der Waals surface area contributed by atoms with Crippen LogP contribution in [0.15, 0.2) is 24.3 Å². The number of benzene rings is 1. The summed E-state index contributed by atoms with van der Waals surface area (Å²) in [6.07, 6.45) is 0. The lowest BCUT2D eigenvalue weighted by molar-refractivity contribution is 0.627. The van der Waals surface area contributed by atoms with Gasteiger partial charge in [-0.2, -0.15) is 4.98 Å². The third-order valence-corrected chi connectivity index (χ3v) is 3.28. The third-order valence-electron chi connectivity index (χ3n) is 2.38. The quantitative estimate of drug-likeness (QED) is 0.804. The lowest BCUT2D eigenvalue weighted by Gasteiger charge is -2.10. The van der Waals surface area contributed by atoms with Crippen LogP contribution in [-0.2, 0) is 0 Å². The third kappa shape index (κ3) is 3.76. The van der Waals surface area contributed by atoms with Gasteiger partial charge in [-0.3, -0.25) is 0 Å². The molecular weight excluding hydrogens is 358 g/mol. The SMILES string of the molecule is CCNc1nc(C)cc(Nc2ccc(F)cc2I)n1. The van der Waals surface area contributed by atoms with Crippen LogP contribution < -0.4 is 10.6 Å². The standard InChI is InChI=1S/C13H14FIN4/c1-3-16-13-17-8(2)6-12(19-13)18-11-5-4-9(14)7-10(11)15/h4-7H,3H2,1-2H3,(H2,16,17,18,19). The number of rotatable bonds is 4. The molecule has 0 aliphatic carbocycles. The molecule has 2 aromatic rings. The summed E-state index contributed by atoms with van der Waals surface area (Å²) in [6.45, 7) is 4.65. The van der Waals surface area contributed by atoms with Gasteiger partial charge < -0.3 is 10.6 Å². The van der Waals surface area contributed by atoms with E-state index >= 15 is 0 Å². The summed E-state index contributed by atoms with van der Waals surface area (Å²) in [4.78, 5) is 8.63. The molecule has 0 aliphatic heterocycles. The van der Waals surface area contributed by atoms with E-state index in [0.29, 0.717) is 11.8 Å². The number of nitrogens with zero attached hydrogens (tertiary/aromatic N) is 2. The predicted molar refractivity (Wildman–Crippen MR) is 83.3 cm³/mol. The Morgan fingerprint density at radius 1 is 1.26 bits per heavy atom. The van der Waals surface area contributed by atoms with E-state index in [1.165, 1.54) is 12.1 Å². The van der Waals surface area contributed by atoms with Crippen LogP contribution in [0.4, 0.5) is 21.8 Å². The van der Waals surface area contributed by atoms with Gasteiger partial charge in [0.1, 0.15) is 11.6 Å². The zero-order valence-electron chi connectivity index (χ0n) is 10.7. The fraction of sp³-hybridized carbons (Fsp3) is 0.231. The molecule has 0 bridgehead atoms. The van der Waals surface area contributed by atoms with Crippen molar-refractivity contribution in [2.45, 2.75) is 13.8 Å². The van der Waals surface area contributed by atoms with Crippen molar-refractivity contribution in [1.82, 2.24) is 9.97 Å². The molecule has 0 unspecified atom stereocenters. The Labute approximate surface area is 125 Å². The molecule has 2 N–H and O–H groups in total. The first-order valence-electron chi connectivity index (χ1n) is 5.90. The number of halogens is 2. The molecule has 0 atom stereocenters. The second-order valence-electron chi connectivity index (χ2n) is 4.00. The van der Waals surface area contributed by atoms with Gasteiger partial charge in [0.05, 0.1) is 5.69 Å². The van der Waals surface area contributed by atoms with Crippen molar-refractivity contribution in [2.24, 2.45) is 0 Å². The molecule has 1 aromatic heterocycles. The van der Waals surface area contributed by atoms with Gasteiger partial charge in [0.15, 0.2) is 0 Å². The van der Waals surface area contributed by atoms with E-state index in [9.17, 15) is 4.39 Å². The summed E-state index contributed by atoms with van der Waals surface area (Å²) in [7, 11) is 0. The molecule has 2 rings (SSSR count). The van der Waals surface area contributed by atoms with Crippen LogP contribution in [0, 0.1) is 16.3 Å². The number of hydrogen-bond donors (Lipinski definition) is 2. The van der Waals surface area contributed by atoms with Crippen molar-refractivity contribution in [3.05, 3.63) is 39.3 Å². The van der Waals surface area contributed by atoms with E-state index in [4.69, 9.17) is 0 Å². The molecule has 4 nitrogen and oxygen atoms in total. The lowest BCUT2D eigenvalue weighted by Crippen LogP contribution is -2.05. The molecule has 0 saturated heterocycles. The van der Waals surface area contributed by atoms with Gasteiger partial charge in [-0.05, 0) is 54.6 Å². The maximum absolute atomic E-state index is 13.0. The first-order chi connectivity index (χ1) is 9.08. The zero-order valence-corrected chi connectivity index (χ0v) is 12.8. The molecule has 0 spiro atoms. The van der Waals surface area contributed by atoms with E-state index in [1.807, 2.05) is 19.9 Å². The minimum atomic E-state index is -0.248. The van der Waals surface area contributed by atoms with Crippen LogP contribution in [0.3, 0.4) is 0 Å². The van der Waals surface area contributed by atoms with Crippen LogP contribution in [-0.4, -0.2) is 16.5 Å². The summed E-state index contributed by atoms with van der Waals surface area (Å²) >= 11 is 2.09. The van der Waals surface area contributed by atoms with Crippen molar-refractivity contribution in [2.75, 3.05) is 17.2 Å². The molecule has 0 aliphatic rings. The Hall–Kier alpha value is -1.44. The van der Waals surface area contributed by atoms with Gasteiger partial charge in [-0.25, -0.2) is 9.37 Å². The highest BCUT2D eigenvalue weighted by Crippen LogP contribution is 2.23. The van der Waals surface area contributed by atoms with Crippen LogP contribution >= 0.6 is 22.6 Å². The van der Waals surface area contributed by atoms with Gasteiger partial charge in [0.2, 0.25) is 5.95 Å². The first kappa shape index (κ1) is 14.0. The largest absolute Gasteiger partial charge is 0.354 e. The maximum atomic E-state index is 13.0. The second-order valence-corrected chi connectivity index (χ2v) is 5.16. The molecule has 0 amide bonds. The Morgan fingerprint density at radius 2 is 2.05 bits per heavy atom. The first-order valence-corrected chi connectivity index (χ1v) is 6.98. The minimum absolute atomic E-state index is 0.248. The van der Waals surface area contributed by atoms with Gasteiger partial charge in [-0.15, -0.1) is 0 Å². The molecule has 0 radical (unpaired) electrons. The summed E-state index contributed by atoms with van der Waals surface area (Å²) in [5, 5.41) is 6.25. The van der Waals surface area contributed by atoms with Crippen molar-refractivity contribution in [3.63, 3.8) is 0 Å². The zero-order chi connectivity index (χ0) is 13.8. The fourth-order valence-electron chi connectivity index (χ4n) is 1.60. The topological polar surface area (TPSA) is 49.8 Å². The van der Waals surface area contributed by atoms with Crippen LogP contribution in [0.5, 0.6) is 0 Å². The van der Waals surface area contributed by atoms with E-state index < -0.39 is 0 Å². The molecule has 19 heavy (non-hydrogen) atoms. The summed E-state index contributed by atoms with van der Waals surface area (Å²) < 4.78 is 13.9. The van der Waals surface area contributed by atoms with Crippen molar-refractivity contribution >= 4 is 40.0 Å². The van der Waals surface area contributed by atoms with Gasteiger partial charge >= 0.3 is 0 Å². The average Bonchev–Trinajstić information content (AvgIpc) is 2.32. The number of aryl methyl sites for hydroxylation is 1. The number of hydrogen-bond acceptors (Lipinski definition) is 4. The fourth-order valence-corrected chi connectivity index (χ4v) is 2.21. The molecule has 1 aromatic carbocycles. The highest BCUT2D eigenvalue weighted by molar-refractivity contribution is 14.1.